The second-order valence-electron chi connectivity index (χ2n) is 2.49. The van der Waals surface area contributed by atoms with Gasteiger partial charge in [0.15, 0.2) is 14.9 Å². The fourth-order valence-electron chi connectivity index (χ4n) is 0.807. The molecule has 0 spiro atoms. The molecule has 0 amide bonds. The predicted molar refractivity (Wildman–Crippen MR) is 46.4 cm³/mol. The lowest BCUT2D eigenvalue weighted by Gasteiger charge is -1.98. The van der Waals surface area contributed by atoms with E-state index in [1.807, 2.05) is 13.3 Å². The van der Waals surface area contributed by atoms with Crippen molar-refractivity contribution in [2.75, 3.05) is 6.26 Å². The highest BCUT2D eigenvalue weighted by molar-refractivity contribution is 7.90. The van der Waals surface area contributed by atoms with Gasteiger partial charge >= 0.3 is 0 Å². The first-order valence-corrected chi connectivity index (χ1v) is 5.38. The van der Waals surface area contributed by atoms with Gasteiger partial charge in [0.2, 0.25) is 0 Å². The summed E-state index contributed by atoms with van der Waals surface area (Å²) in [7, 11) is -3.17. The van der Waals surface area contributed by atoms with Gasteiger partial charge in [-0.2, -0.15) is 0 Å². The zero-order valence-electron chi connectivity index (χ0n) is 6.98. The number of hydrogen-bond acceptors (Lipinski definition) is 3. The van der Waals surface area contributed by atoms with E-state index in [9.17, 15) is 8.42 Å². The molecule has 0 aliphatic heterocycles. The molecule has 1 rings (SSSR count). The van der Waals surface area contributed by atoms with E-state index in [0.29, 0.717) is 0 Å². The molecule has 65 valence electrons. The highest BCUT2D eigenvalue weighted by atomic mass is 32.2. The van der Waals surface area contributed by atoms with E-state index < -0.39 is 9.84 Å². The maximum absolute atomic E-state index is 11.0. The van der Waals surface area contributed by atoms with E-state index >= 15 is 0 Å². The van der Waals surface area contributed by atoms with Crippen LogP contribution in [0.2, 0.25) is 0 Å². The average molecular weight is 184 g/mol. The van der Waals surface area contributed by atoms with E-state index in [1.165, 1.54) is 6.20 Å². The molecule has 1 aromatic heterocycles. The SMILES string of the molecule is C[CH]c1ccnc(S(C)(=O)=O)c1. The van der Waals surface area contributed by atoms with E-state index in [0.717, 1.165) is 11.8 Å². The quantitative estimate of drug-likeness (QED) is 0.690. The zero-order chi connectivity index (χ0) is 9.19. The number of pyridine rings is 1. The molecule has 0 fully saturated rings. The molecule has 0 bridgehead atoms. The van der Waals surface area contributed by atoms with Crippen molar-refractivity contribution in [1.29, 1.82) is 0 Å². The molecule has 0 unspecified atom stereocenters. The van der Waals surface area contributed by atoms with Crippen molar-refractivity contribution in [1.82, 2.24) is 4.98 Å². The molecule has 0 aliphatic carbocycles. The summed E-state index contributed by atoms with van der Waals surface area (Å²) in [6.45, 7) is 1.85. The maximum atomic E-state index is 11.0. The molecule has 0 saturated heterocycles. The summed E-state index contributed by atoms with van der Waals surface area (Å²) in [6, 6.07) is 3.31. The molecular formula is C8H10NO2S. The number of aromatic nitrogens is 1. The van der Waals surface area contributed by atoms with Crippen LogP contribution < -0.4 is 0 Å². The topological polar surface area (TPSA) is 47.0 Å². The van der Waals surface area contributed by atoms with Gasteiger partial charge in [-0.05, 0) is 24.1 Å². The van der Waals surface area contributed by atoms with Crippen molar-refractivity contribution in [3.63, 3.8) is 0 Å². The first-order chi connectivity index (χ1) is 5.54. The average Bonchev–Trinajstić information content (AvgIpc) is 2.03. The van der Waals surface area contributed by atoms with E-state index in [2.05, 4.69) is 4.98 Å². The zero-order valence-corrected chi connectivity index (χ0v) is 7.80. The van der Waals surface area contributed by atoms with Gasteiger partial charge in [-0.25, -0.2) is 13.4 Å². The van der Waals surface area contributed by atoms with Gasteiger partial charge in [-0.3, -0.25) is 0 Å². The van der Waals surface area contributed by atoms with Crippen molar-refractivity contribution in [2.24, 2.45) is 0 Å². The Bertz CT molecular complexity index is 370. The number of hydrogen-bond donors (Lipinski definition) is 0. The van der Waals surface area contributed by atoms with Crippen molar-refractivity contribution in [2.45, 2.75) is 11.9 Å². The van der Waals surface area contributed by atoms with E-state index in [1.54, 1.807) is 12.1 Å². The third-order valence-electron chi connectivity index (χ3n) is 1.47. The van der Waals surface area contributed by atoms with E-state index in [4.69, 9.17) is 0 Å². The standard InChI is InChI=1S/C8H10NO2S/c1-3-7-4-5-9-8(6-7)12(2,10)11/h3-6H,1-2H3. The molecule has 1 aromatic rings. The highest BCUT2D eigenvalue weighted by Crippen LogP contribution is 2.08. The van der Waals surface area contributed by atoms with Gasteiger partial charge in [0.1, 0.15) is 0 Å². The van der Waals surface area contributed by atoms with Crippen LogP contribution in [0.5, 0.6) is 0 Å². The third-order valence-corrected chi connectivity index (χ3v) is 2.46. The molecule has 0 N–H and O–H groups in total. The van der Waals surface area contributed by atoms with Crippen molar-refractivity contribution < 1.29 is 8.42 Å². The normalized spacial score (nSPS) is 11.5. The van der Waals surface area contributed by atoms with Crippen LogP contribution in [0, 0.1) is 6.42 Å². The second-order valence-corrected chi connectivity index (χ2v) is 4.45. The number of rotatable bonds is 2. The van der Waals surface area contributed by atoms with Crippen molar-refractivity contribution >= 4 is 9.84 Å². The Morgan fingerprint density at radius 2 is 2.17 bits per heavy atom. The minimum absolute atomic E-state index is 0.123. The van der Waals surface area contributed by atoms with Crippen molar-refractivity contribution in [3.05, 3.63) is 30.3 Å². The summed E-state index contributed by atoms with van der Waals surface area (Å²) in [5, 5.41) is 0.123. The Morgan fingerprint density at radius 1 is 1.50 bits per heavy atom. The highest BCUT2D eigenvalue weighted by Gasteiger charge is 2.07. The van der Waals surface area contributed by atoms with Crippen LogP contribution in [0.3, 0.4) is 0 Å². The van der Waals surface area contributed by atoms with Crippen molar-refractivity contribution in [3.8, 4) is 0 Å². The van der Waals surface area contributed by atoms with Gasteiger partial charge in [0, 0.05) is 12.5 Å². The minimum Gasteiger partial charge on any atom is -0.245 e. The lowest BCUT2D eigenvalue weighted by Crippen LogP contribution is -2.00. The Hall–Kier alpha value is -0.900. The first kappa shape index (κ1) is 9.19. The Morgan fingerprint density at radius 3 is 2.67 bits per heavy atom. The molecule has 0 aromatic carbocycles. The molecule has 1 radical (unpaired) electrons. The number of nitrogens with zero attached hydrogens (tertiary/aromatic N) is 1. The van der Waals surface area contributed by atoms with E-state index in [-0.39, 0.29) is 5.03 Å². The summed E-state index contributed by atoms with van der Waals surface area (Å²) in [6.07, 6.45) is 4.47. The molecule has 4 heteroatoms. The van der Waals surface area contributed by atoms with Crippen LogP contribution in [0.4, 0.5) is 0 Å². The largest absolute Gasteiger partial charge is 0.245 e. The van der Waals surface area contributed by atoms with Crippen LogP contribution in [0.15, 0.2) is 23.4 Å². The molecule has 0 aliphatic rings. The Labute approximate surface area is 72.4 Å². The van der Waals surface area contributed by atoms with Gasteiger partial charge in [-0.1, -0.05) is 6.92 Å². The van der Waals surface area contributed by atoms with Gasteiger partial charge < -0.3 is 0 Å². The Kier molecular flexibility index (Phi) is 2.47. The second kappa shape index (κ2) is 3.23. The summed E-state index contributed by atoms with van der Waals surface area (Å²) in [4.78, 5) is 3.75. The lowest BCUT2D eigenvalue weighted by atomic mass is 10.2. The van der Waals surface area contributed by atoms with Gasteiger partial charge in [-0.15, -0.1) is 0 Å². The minimum atomic E-state index is -3.17. The lowest BCUT2D eigenvalue weighted by molar-refractivity contribution is 0.598. The number of sulfone groups is 1. The predicted octanol–water partition coefficient (Wildman–Crippen LogP) is 1.06. The maximum Gasteiger partial charge on any atom is 0.192 e. The fourth-order valence-corrected chi connectivity index (χ4v) is 1.41. The molecular weight excluding hydrogens is 174 g/mol. The van der Waals surface area contributed by atoms with Gasteiger partial charge in [0.05, 0.1) is 0 Å². The molecule has 12 heavy (non-hydrogen) atoms. The molecule has 0 atom stereocenters. The molecule has 3 nitrogen and oxygen atoms in total. The first-order valence-electron chi connectivity index (χ1n) is 3.49. The molecule has 0 saturated carbocycles. The summed E-state index contributed by atoms with van der Waals surface area (Å²) in [5.41, 5.74) is 0.866. The van der Waals surface area contributed by atoms with Crippen LogP contribution in [-0.2, 0) is 9.84 Å². The molecule has 1 heterocycles. The third kappa shape index (κ3) is 2.04. The van der Waals surface area contributed by atoms with Crippen LogP contribution in [0.1, 0.15) is 12.5 Å². The smallest absolute Gasteiger partial charge is 0.192 e. The van der Waals surface area contributed by atoms with Crippen LogP contribution in [0.25, 0.3) is 0 Å². The monoisotopic (exact) mass is 184 g/mol. The summed E-state index contributed by atoms with van der Waals surface area (Å²) in [5.74, 6) is 0. The summed E-state index contributed by atoms with van der Waals surface area (Å²) < 4.78 is 22.0. The fraction of sp³-hybridized carbons (Fsp3) is 0.250. The van der Waals surface area contributed by atoms with Crippen LogP contribution in [-0.4, -0.2) is 19.7 Å². The van der Waals surface area contributed by atoms with Crippen LogP contribution >= 0.6 is 0 Å². The summed E-state index contributed by atoms with van der Waals surface area (Å²) >= 11 is 0. The van der Waals surface area contributed by atoms with Gasteiger partial charge in [0.25, 0.3) is 0 Å². The Balaban J connectivity index is 3.20.